The number of hydrogen-bond donors (Lipinski definition) is 3. The van der Waals surface area contributed by atoms with Crippen LogP contribution in [-0.2, 0) is 14.8 Å². The van der Waals surface area contributed by atoms with E-state index in [0.717, 1.165) is 11.1 Å². The first-order valence-electron chi connectivity index (χ1n) is 10.1. The molecule has 0 aliphatic rings. The van der Waals surface area contributed by atoms with Gasteiger partial charge in [-0.15, -0.1) is 0 Å². The van der Waals surface area contributed by atoms with E-state index < -0.39 is 21.8 Å². The number of carbonyl (C=O) groups excluding carboxylic acids is 2. The van der Waals surface area contributed by atoms with E-state index in [1.54, 1.807) is 44.2 Å². The summed E-state index contributed by atoms with van der Waals surface area (Å²) in [6.07, 6.45) is 0. The molecule has 33 heavy (non-hydrogen) atoms. The highest BCUT2D eigenvalue weighted by atomic mass is 35.5. The number of aryl methyl sites for hydroxylation is 2. The number of sulfonamides is 1. The molecule has 9 heteroatoms. The summed E-state index contributed by atoms with van der Waals surface area (Å²) in [5.41, 5.74) is 3.39. The van der Waals surface area contributed by atoms with Gasteiger partial charge in [-0.05, 0) is 79.9 Å². The Kier molecular flexibility index (Phi) is 7.40. The fraction of sp³-hybridized carbons (Fsp3) is 0.167. The van der Waals surface area contributed by atoms with Gasteiger partial charge in [-0.3, -0.25) is 14.3 Å². The molecule has 0 atom stereocenters. The molecule has 0 aliphatic heterocycles. The van der Waals surface area contributed by atoms with Crippen LogP contribution >= 0.6 is 11.6 Å². The van der Waals surface area contributed by atoms with Crippen molar-refractivity contribution in [2.75, 3.05) is 16.6 Å². The maximum atomic E-state index is 12.7. The third-order valence-corrected chi connectivity index (χ3v) is 6.92. The van der Waals surface area contributed by atoms with Crippen LogP contribution in [0, 0.1) is 20.8 Å². The van der Waals surface area contributed by atoms with Crippen LogP contribution in [0.1, 0.15) is 27.0 Å². The van der Waals surface area contributed by atoms with Gasteiger partial charge in [0.1, 0.15) is 0 Å². The Morgan fingerprint density at radius 1 is 0.939 bits per heavy atom. The second kappa shape index (κ2) is 10.1. The first-order chi connectivity index (χ1) is 15.6. The Balaban J connectivity index is 1.60. The number of carbonyl (C=O) groups is 2. The van der Waals surface area contributed by atoms with Gasteiger partial charge in [-0.25, -0.2) is 8.42 Å². The minimum atomic E-state index is -3.77. The molecular formula is C24H24ClN3O4S. The van der Waals surface area contributed by atoms with Crippen LogP contribution in [0.25, 0.3) is 0 Å². The van der Waals surface area contributed by atoms with Gasteiger partial charge in [-0.2, -0.15) is 0 Å². The molecule has 3 aromatic carbocycles. The summed E-state index contributed by atoms with van der Waals surface area (Å²) in [6.45, 7) is 5.10. The fourth-order valence-corrected chi connectivity index (χ4v) is 4.66. The first kappa shape index (κ1) is 24.3. The lowest BCUT2D eigenvalue weighted by molar-refractivity contribution is -0.115. The standard InChI is InChI=1S/C24H24ClN3O4S/c1-15-7-8-16(2)22(13-15)33(31,32)28-19-11-9-18(10-12-19)24(30)26-14-23(29)27-21-6-4-5-20(25)17(21)3/h4-13,28H,14H2,1-3H3,(H,26,30)(H,27,29). The van der Waals surface area contributed by atoms with Gasteiger partial charge in [0.2, 0.25) is 5.91 Å². The quantitative estimate of drug-likeness (QED) is 0.460. The lowest BCUT2D eigenvalue weighted by atomic mass is 10.2. The maximum absolute atomic E-state index is 12.7. The van der Waals surface area contributed by atoms with E-state index in [-0.39, 0.29) is 17.0 Å². The van der Waals surface area contributed by atoms with Crippen LogP contribution in [0.5, 0.6) is 0 Å². The van der Waals surface area contributed by atoms with Crippen LogP contribution in [0.3, 0.4) is 0 Å². The summed E-state index contributed by atoms with van der Waals surface area (Å²) in [5.74, 6) is -0.858. The van der Waals surface area contributed by atoms with Gasteiger partial charge in [0.15, 0.2) is 0 Å². The summed E-state index contributed by atoms with van der Waals surface area (Å²) in [4.78, 5) is 24.7. The van der Waals surface area contributed by atoms with E-state index >= 15 is 0 Å². The predicted octanol–water partition coefficient (Wildman–Crippen LogP) is 4.43. The molecule has 0 radical (unpaired) electrons. The third kappa shape index (κ3) is 6.12. The van der Waals surface area contributed by atoms with Gasteiger partial charge in [-0.1, -0.05) is 29.8 Å². The average molecular weight is 486 g/mol. The van der Waals surface area contributed by atoms with E-state index in [1.807, 2.05) is 13.0 Å². The highest BCUT2D eigenvalue weighted by Crippen LogP contribution is 2.23. The minimum Gasteiger partial charge on any atom is -0.343 e. The number of amides is 2. The molecule has 0 heterocycles. The number of nitrogens with one attached hydrogen (secondary N) is 3. The molecule has 172 valence electrons. The molecule has 0 unspecified atom stereocenters. The molecule has 0 saturated heterocycles. The molecule has 0 fully saturated rings. The Labute approximate surface area is 198 Å². The zero-order valence-electron chi connectivity index (χ0n) is 18.4. The lowest BCUT2D eigenvalue weighted by Crippen LogP contribution is -2.33. The molecule has 7 nitrogen and oxygen atoms in total. The van der Waals surface area contributed by atoms with Crippen molar-refractivity contribution in [2.45, 2.75) is 25.7 Å². The van der Waals surface area contributed by atoms with Crippen LogP contribution in [0.2, 0.25) is 5.02 Å². The van der Waals surface area contributed by atoms with E-state index in [9.17, 15) is 18.0 Å². The van der Waals surface area contributed by atoms with Crippen LogP contribution < -0.4 is 15.4 Å². The molecule has 0 spiro atoms. The van der Waals surface area contributed by atoms with E-state index in [0.29, 0.717) is 22.0 Å². The van der Waals surface area contributed by atoms with Crippen molar-refractivity contribution in [3.8, 4) is 0 Å². The second-order valence-corrected chi connectivity index (χ2v) is 9.65. The predicted molar refractivity (Wildman–Crippen MR) is 130 cm³/mol. The Hall–Kier alpha value is -3.36. The second-order valence-electron chi connectivity index (χ2n) is 7.60. The topological polar surface area (TPSA) is 104 Å². The molecule has 0 bridgehead atoms. The highest BCUT2D eigenvalue weighted by Gasteiger charge is 2.17. The molecule has 0 saturated carbocycles. The van der Waals surface area contributed by atoms with Crippen molar-refractivity contribution in [3.63, 3.8) is 0 Å². The summed E-state index contributed by atoms with van der Waals surface area (Å²) >= 11 is 6.04. The molecular weight excluding hydrogens is 462 g/mol. The molecule has 0 aliphatic carbocycles. The van der Waals surface area contributed by atoms with Crippen molar-refractivity contribution in [2.24, 2.45) is 0 Å². The largest absolute Gasteiger partial charge is 0.343 e. The first-order valence-corrected chi connectivity index (χ1v) is 12.0. The summed E-state index contributed by atoms with van der Waals surface area (Å²) in [7, 11) is -3.77. The maximum Gasteiger partial charge on any atom is 0.262 e. The minimum absolute atomic E-state index is 0.199. The normalized spacial score (nSPS) is 11.0. The average Bonchev–Trinajstić information content (AvgIpc) is 2.77. The van der Waals surface area contributed by atoms with Gasteiger partial charge >= 0.3 is 0 Å². The van der Waals surface area contributed by atoms with Crippen LogP contribution in [-0.4, -0.2) is 26.8 Å². The smallest absolute Gasteiger partial charge is 0.262 e. The van der Waals surface area contributed by atoms with Crippen LogP contribution in [0.4, 0.5) is 11.4 Å². The molecule has 3 rings (SSSR count). The highest BCUT2D eigenvalue weighted by molar-refractivity contribution is 7.92. The Morgan fingerprint density at radius 2 is 1.64 bits per heavy atom. The number of halogens is 1. The van der Waals surface area contributed by atoms with Crippen molar-refractivity contribution in [1.29, 1.82) is 0 Å². The number of hydrogen-bond acceptors (Lipinski definition) is 4. The summed E-state index contributed by atoms with van der Waals surface area (Å²) in [6, 6.07) is 16.3. The SMILES string of the molecule is Cc1ccc(C)c(S(=O)(=O)Nc2ccc(C(=O)NCC(=O)Nc3cccc(Cl)c3C)cc2)c1. The van der Waals surface area contributed by atoms with Crippen molar-refractivity contribution < 1.29 is 18.0 Å². The number of benzene rings is 3. The zero-order valence-corrected chi connectivity index (χ0v) is 20.0. The van der Waals surface area contributed by atoms with Crippen LogP contribution in [0.15, 0.2) is 65.6 Å². The molecule has 0 aromatic heterocycles. The molecule has 2 amide bonds. The lowest BCUT2D eigenvalue weighted by Gasteiger charge is -2.12. The summed E-state index contributed by atoms with van der Waals surface area (Å²) in [5, 5.41) is 5.77. The van der Waals surface area contributed by atoms with E-state index in [2.05, 4.69) is 15.4 Å². The van der Waals surface area contributed by atoms with E-state index in [1.165, 1.54) is 24.3 Å². The number of rotatable bonds is 7. The van der Waals surface area contributed by atoms with Gasteiger partial charge < -0.3 is 10.6 Å². The monoisotopic (exact) mass is 485 g/mol. The Bertz CT molecular complexity index is 1310. The van der Waals surface area contributed by atoms with Crippen molar-refractivity contribution in [3.05, 3.63) is 87.9 Å². The van der Waals surface area contributed by atoms with Gasteiger partial charge in [0.05, 0.1) is 11.4 Å². The third-order valence-electron chi connectivity index (χ3n) is 4.98. The van der Waals surface area contributed by atoms with Gasteiger partial charge in [0.25, 0.3) is 15.9 Å². The van der Waals surface area contributed by atoms with Gasteiger partial charge in [0, 0.05) is 22.0 Å². The summed E-state index contributed by atoms with van der Waals surface area (Å²) < 4.78 is 28.0. The molecule has 3 aromatic rings. The fourth-order valence-electron chi connectivity index (χ4n) is 3.10. The zero-order chi connectivity index (χ0) is 24.2. The van der Waals surface area contributed by atoms with Crippen molar-refractivity contribution >= 4 is 44.8 Å². The molecule has 3 N–H and O–H groups in total. The number of anilines is 2. The Morgan fingerprint density at radius 3 is 2.33 bits per heavy atom. The van der Waals surface area contributed by atoms with E-state index in [4.69, 9.17) is 11.6 Å². The van der Waals surface area contributed by atoms with Crippen molar-refractivity contribution in [1.82, 2.24) is 5.32 Å².